The first-order chi connectivity index (χ1) is 15.0. The summed E-state index contributed by atoms with van der Waals surface area (Å²) in [6, 6.07) is 12.1. The Bertz CT molecular complexity index is 1380. The van der Waals surface area contributed by atoms with Gasteiger partial charge in [0.05, 0.1) is 36.9 Å². The van der Waals surface area contributed by atoms with E-state index in [9.17, 15) is 14.7 Å². The van der Waals surface area contributed by atoms with Gasteiger partial charge in [-0.1, -0.05) is 17.7 Å². The smallest absolute Gasteiger partial charge is 0.291 e. The lowest BCUT2D eigenvalue weighted by atomic mass is 9.98. The van der Waals surface area contributed by atoms with Gasteiger partial charge in [-0.25, -0.2) is 0 Å². The van der Waals surface area contributed by atoms with Crippen LogP contribution in [0.2, 0.25) is 5.02 Å². The van der Waals surface area contributed by atoms with Crippen LogP contribution in [0, 0.1) is 0 Å². The van der Waals surface area contributed by atoms with E-state index in [2.05, 4.69) is 0 Å². The Morgan fingerprint density at radius 2 is 2.00 bits per heavy atom. The van der Waals surface area contributed by atoms with E-state index in [0.29, 0.717) is 16.3 Å². The van der Waals surface area contributed by atoms with Crippen molar-refractivity contribution in [1.29, 1.82) is 0 Å². The lowest BCUT2D eigenvalue weighted by Crippen LogP contribution is -2.29. The normalized spacial score (nSPS) is 15.5. The number of methoxy groups -OCH3 is 1. The summed E-state index contributed by atoms with van der Waals surface area (Å²) in [5.41, 5.74) is 0.732. The molecule has 0 unspecified atom stereocenters. The van der Waals surface area contributed by atoms with E-state index >= 15 is 0 Å². The lowest BCUT2D eigenvalue weighted by Gasteiger charge is -2.24. The second kappa shape index (κ2) is 7.21. The van der Waals surface area contributed by atoms with Gasteiger partial charge in [-0.2, -0.15) is 0 Å². The Labute approximate surface area is 181 Å². The highest BCUT2D eigenvalue weighted by Crippen LogP contribution is 2.41. The molecule has 0 bridgehead atoms. The third kappa shape index (κ3) is 3.05. The molecule has 4 aromatic rings. The molecule has 0 aliphatic carbocycles. The van der Waals surface area contributed by atoms with Crippen LogP contribution in [-0.4, -0.2) is 23.0 Å². The van der Waals surface area contributed by atoms with Crippen molar-refractivity contribution >= 4 is 28.5 Å². The number of rotatable bonds is 4. The zero-order valence-corrected chi connectivity index (χ0v) is 17.1. The first kappa shape index (κ1) is 19.3. The van der Waals surface area contributed by atoms with Gasteiger partial charge in [0, 0.05) is 5.02 Å². The van der Waals surface area contributed by atoms with E-state index in [1.807, 2.05) is 0 Å². The van der Waals surface area contributed by atoms with Crippen LogP contribution >= 0.6 is 11.6 Å². The minimum absolute atomic E-state index is 0.0246. The third-order valence-electron chi connectivity index (χ3n) is 5.35. The van der Waals surface area contributed by atoms with Gasteiger partial charge in [-0.05, 0) is 48.0 Å². The standard InChI is InChI=1S/C23H16ClNO6/c1-29-18-9-12(4-6-16(18)26)20-19-21(27)15-10-13(24)5-7-17(15)31-22(19)23(28)25(20)11-14-3-2-8-30-14/h2-10,20,26H,11H2,1H3/t20-/m0/s1. The highest BCUT2D eigenvalue weighted by Gasteiger charge is 2.43. The number of carbonyl (C=O) groups excluding carboxylic acids is 1. The third-order valence-corrected chi connectivity index (χ3v) is 5.59. The summed E-state index contributed by atoms with van der Waals surface area (Å²) in [4.78, 5) is 28.3. The number of halogens is 1. The molecule has 3 heterocycles. The fourth-order valence-corrected chi connectivity index (χ4v) is 4.11. The molecule has 0 radical (unpaired) electrons. The predicted octanol–water partition coefficient (Wildman–Crippen LogP) is 4.50. The summed E-state index contributed by atoms with van der Waals surface area (Å²) in [5, 5.41) is 10.7. The number of hydrogen-bond acceptors (Lipinski definition) is 6. The van der Waals surface area contributed by atoms with Crippen LogP contribution in [-0.2, 0) is 6.54 Å². The molecule has 0 spiro atoms. The second-order valence-electron chi connectivity index (χ2n) is 7.16. The molecule has 0 saturated heterocycles. The van der Waals surface area contributed by atoms with Gasteiger partial charge in [0.1, 0.15) is 11.3 Å². The molecular formula is C23H16ClNO6. The Morgan fingerprint density at radius 1 is 1.16 bits per heavy atom. The molecule has 2 aromatic carbocycles. The molecular weight excluding hydrogens is 422 g/mol. The van der Waals surface area contributed by atoms with Crippen LogP contribution < -0.4 is 10.2 Å². The summed E-state index contributed by atoms with van der Waals surface area (Å²) in [5.74, 6) is 0.271. The van der Waals surface area contributed by atoms with Crippen molar-refractivity contribution in [2.45, 2.75) is 12.6 Å². The number of furan rings is 1. The highest BCUT2D eigenvalue weighted by molar-refractivity contribution is 6.31. The maximum Gasteiger partial charge on any atom is 0.291 e. The molecule has 2 aromatic heterocycles. The van der Waals surface area contributed by atoms with Crippen LogP contribution in [0.1, 0.15) is 33.5 Å². The molecule has 31 heavy (non-hydrogen) atoms. The lowest BCUT2D eigenvalue weighted by molar-refractivity contribution is 0.0701. The number of aromatic hydroxyl groups is 1. The van der Waals surface area contributed by atoms with Crippen LogP contribution in [0.5, 0.6) is 11.5 Å². The Hall–Kier alpha value is -3.71. The van der Waals surface area contributed by atoms with E-state index < -0.39 is 11.9 Å². The monoisotopic (exact) mass is 437 g/mol. The van der Waals surface area contributed by atoms with Crippen molar-refractivity contribution in [3.63, 3.8) is 0 Å². The van der Waals surface area contributed by atoms with Crippen LogP contribution in [0.25, 0.3) is 11.0 Å². The zero-order valence-electron chi connectivity index (χ0n) is 16.3. The molecule has 8 heteroatoms. The molecule has 0 fully saturated rings. The summed E-state index contributed by atoms with van der Waals surface area (Å²) < 4.78 is 16.5. The van der Waals surface area contributed by atoms with Gasteiger partial charge >= 0.3 is 0 Å². The van der Waals surface area contributed by atoms with E-state index in [4.69, 9.17) is 25.2 Å². The summed E-state index contributed by atoms with van der Waals surface area (Å²) in [6.07, 6.45) is 1.52. The van der Waals surface area contributed by atoms with Gasteiger partial charge in [-0.15, -0.1) is 0 Å². The van der Waals surface area contributed by atoms with E-state index in [0.717, 1.165) is 0 Å². The zero-order chi connectivity index (χ0) is 21.7. The predicted molar refractivity (Wildman–Crippen MR) is 113 cm³/mol. The largest absolute Gasteiger partial charge is 0.504 e. The van der Waals surface area contributed by atoms with Crippen LogP contribution in [0.15, 0.2) is 68.4 Å². The maximum absolute atomic E-state index is 13.5. The number of phenolic OH excluding ortho intramolecular Hbond substituents is 1. The topological polar surface area (TPSA) is 93.1 Å². The number of nitrogens with zero attached hydrogens (tertiary/aromatic N) is 1. The minimum atomic E-state index is -0.762. The molecule has 1 aliphatic rings. The molecule has 1 N–H and O–H groups in total. The van der Waals surface area contributed by atoms with Gasteiger partial charge < -0.3 is 23.6 Å². The average Bonchev–Trinajstić information content (AvgIpc) is 3.37. The number of hydrogen-bond donors (Lipinski definition) is 1. The number of phenols is 1. The number of fused-ring (bicyclic) bond motifs is 2. The Morgan fingerprint density at radius 3 is 2.74 bits per heavy atom. The van der Waals surface area contributed by atoms with Gasteiger partial charge in [0.15, 0.2) is 16.9 Å². The molecule has 1 aliphatic heterocycles. The van der Waals surface area contributed by atoms with Crippen LogP contribution in [0.3, 0.4) is 0 Å². The summed E-state index contributed by atoms with van der Waals surface area (Å²) >= 11 is 6.09. The molecule has 0 saturated carbocycles. The van der Waals surface area contributed by atoms with E-state index in [1.165, 1.54) is 30.4 Å². The molecule has 1 amide bonds. The Balaban J connectivity index is 1.76. The SMILES string of the molecule is COc1cc([C@H]2c3c(oc4ccc(Cl)cc4c3=O)C(=O)N2Cc2ccco2)ccc1O. The van der Waals surface area contributed by atoms with Crippen molar-refractivity contribution in [1.82, 2.24) is 4.90 Å². The molecule has 156 valence electrons. The number of ether oxygens (including phenoxy) is 1. The quantitative estimate of drug-likeness (QED) is 0.505. The average molecular weight is 438 g/mol. The highest BCUT2D eigenvalue weighted by atomic mass is 35.5. The van der Waals surface area contributed by atoms with Crippen molar-refractivity contribution in [2.75, 3.05) is 7.11 Å². The van der Waals surface area contributed by atoms with Crippen molar-refractivity contribution in [3.05, 3.63) is 92.7 Å². The number of amides is 1. The first-order valence-corrected chi connectivity index (χ1v) is 9.82. The van der Waals surface area contributed by atoms with Crippen LogP contribution in [0.4, 0.5) is 0 Å². The minimum Gasteiger partial charge on any atom is -0.504 e. The summed E-state index contributed by atoms with van der Waals surface area (Å²) in [7, 11) is 1.43. The fraction of sp³-hybridized carbons (Fsp3) is 0.130. The van der Waals surface area contributed by atoms with Gasteiger partial charge in [0.2, 0.25) is 5.76 Å². The van der Waals surface area contributed by atoms with Crippen molar-refractivity contribution in [2.24, 2.45) is 0 Å². The molecule has 1 atom stereocenters. The first-order valence-electron chi connectivity index (χ1n) is 9.44. The Kier molecular flexibility index (Phi) is 4.48. The number of carbonyl (C=O) groups is 1. The van der Waals surface area contributed by atoms with Crippen molar-refractivity contribution in [3.8, 4) is 11.5 Å². The number of benzene rings is 2. The van der Waals surface area contributed by atoms with Gasteiger partial charge in [-0.3, -0.25) is 9.59 Å². The second-order valence-corrected chi connectivity index (χ2v) is 7.60. The van der Waals surface area contributed by atoms with Gasteiger partial charge in [0.25, 0.3) is 5.91 Å². The molecule has 7 nitrogen and oxygen atoms in total. The van der Waals surface area contributed by atoms with Crippen molar-refractivity contribution < 1.29 is 23.5 Å². The maximum atomic E-state index is 13.5. The summed E-state index contributed by atoms with van der Waals surface area (Å²) in [6.45, 7) is 0.125. The van der Waals surface area contributed by atoms with E-state index in [1.54, 1.807) is 36.4 Å². The molecule has 5 rings (SSSR count). The van der Waals surface area contributed by atoms with E-state index in [-0.39, 0.29) is 45.8 Å². The fourth-order valence-electron chi connectivity index (χ4n) is 3.94.